The van der Waals surface area contributed by atoms with Crippen LogP contribution in [-0.2, 0) is 6.61 Å². The second-order valence-corrected chi connectivity index (χ2v) is 3.33. The van der Waals surface area contributed by atoms with Crippen molar-refractivity contribution < 1.29 is 9.84 Å². The summed E-state index contributed by atoms with van der Waals surface area (Å²) in [6.45, 7) is 0.451. The van der Waals surface area contributed by atoms with E-state index < -0.39 is 0 Å². The first-order valence-electron chi connectivity index (χ1n) is 4.62. The predicted octanol–water partition coefficient (Wildman–Crippen LogP) is 1.74. The molecule has 4 heteroatoms. The van der Waals surface area contributed by atoms with Gasteiger partial charge in [-0.05, 0) is 12.1 Å². The lowest BCUT2D eigenvalue weighted by atomic mass is 10.0. The number of aromatic nitrogens is 2. The van der Waals surface area contributed by atoms with E-state index in [0.717, 1.165) is 22.6 Å². The summed E-state index contributed by atoms with van der Waals surface area (Å²) in [5, 5.41) is 9.25. The summed E-state index contributed by atoms with van der Waals surface area (Å²) in [7, 11) is 0. The van der Waals surface area contributed by atoms with E-state index in [1.807, 2.05) is 24.3 Å². The first-order chi connectivity index (χ1) is 7.34. The highest BCUT2D eigenvalue weighted by molar-refractivity contribution is 5.71. The van der Waals surface area contributed by atoms with Crippen LogP contribution in [0.1, 0.15) is 5.56 Å². The Morgan fingerprint density at radius 1 is 1.27 bits per heavy atom. The Kier molecular flexibility index (Phi) is 1.62. The van der Waals surface area contributed by atoms with Gasteiger partial charge in [-0.2, -0.15) is 4.98 Å². The minimum atomic E-state index is -0.203. The van der Waals surface area contributed by atoms with Crippen molar-refractivity contribution in [1.29, 1.82) is 0 Å². The lowest BCUT2D eigenvalue weighted by molar-refractivity contribution is 0.299. The summed E-state index contributed by atoms with van der Waals surface area (Å²) in [4.78, 5) is 7.75. The number of nitrogens with zero attached hydrogens (tertiary/aromatic N) is 2. The van der Waals surface area contributed by atoms with Crippen molar-refractivity contribution in [2.45, 2.75) is 6.61 Å². The third-order valence-corrected chi connectivity index (χ3v) is 2.38. The van der Waals surface area contributed by atoms with E-state index >= 15 is 0 Å². The average molecular weight is 200 g/mol. The van der Waals surface area contributed by atoms with Gasteiger partial charge in [0.25, 0.3) is 0 Å². The minimum Gasteiger partial charge on any atom is -0.488 e. The van der Waals surface area contributed by atoms with Gasteiger partial charge in [0, 0.05) is 17.3 Å². The normalized spacial score (nSPS) is 12.5. The maximum absolute atomic E-state index is 9.25. The third-order valence-electron chi connectivity index (χ3n) is 2.38. The lowest BCUT2D eigenvalue weighted by Crippen LogP contribution is -2.07. The van der Waals surface area contributed by atoms with Crippen molar-refractivity contribution in [1.82, 2.24) is 9.97 Å². The highest BCUT2D eigenvalue weighted by Crippen LogP contribution is 2.35. The predicted molar refractivity (Wildman–Crippen MR) is 53.5 cm³/mol. The van der Waals surface area contributed by atoms with Crippen LogP contribution in [0.25, 0.3) is 11.3 Å². The number of aromatic hydroxyl groups is 1. The van der Waals surface area contributed by atoms with Crippen molar-refractivity contribution in [2.24, 2.45) is 0 Å². The van der Waals surface area contributed by atoms with Crippen LogP contribution >= 0.6 is 0 Å². The molecule has 0 amide bonds. The fourth-order valence-corrected chi connectivity index (χ4v) is 1.68. The van der Waals surface area contributed by atoms with Crippen molar-refractivity contribution in [3.8, 4) is 23.0 Å². The number of para-hydroxylation sites is 1. The molecule has 0 radical (unpaired) electrons. The molecule has 1 aromatic heterocycles. The Labute approximate surface area is 86.2 Å². The van der Waals surface area contributed by atoms with Crippen LogP contribution in [0.2, 0.25) is 0 Å². The van der Waals surface area contributed by atoms with Gasteiger partial charge in [0.05, 0.1) is 5.69 Å². The highest BCUT2D eigenvalue weighted by Gasteiger charge is 2.18. The van der Waals surface area contributed by atoms with Crippen molar-refractivity contribution in [3.63, 3.8) is 0 Å². The molecular formula is C11H8N2O2. The molecule has 2 aromatic rings. The quantitative estimate of drug-likeness (QED) is 0.703. The van der Waals surface area contributed by atoms with Crippen molar-refractivity contribution in [2.75, 3.05) is 0 Å². The summed E-state index contributed by atoms with van der Waals surface area (Å²) >= 11 is 0. The van der Waals surface area contributed by atoms with Crippen LogP contribution in [0.4, 0.5) is 0 Å². The second-order valence-electron chi connectivity index (χ2n) is 3.33. The van der Waals surface area contributed by atoms with Crippen molar-refractivity contribution in [3.05, 3.63) is 36.0 Å². The molecule has 4 nitrogen and oxygen atoms in total. The van der Waals surface area contributed by atoms with Gasteiger partial charge < -0.3 is 9.84 Å². The maximum atomic E-state index is 9.25. The summed E-state index contributed by atoms with van der Waals surface area (Å²) in [5.41, 5.74) is 2.55. The first-order valence-corrected chi connectivity index (χ1v) is 4.62. The SMILES string of the molecule is Oc1ncc2c(n1)-c1ccccc1OC2. The minimum absolute atomic E-state index is 0.203. The van der Waals surface area contributed by atoms with E-state index in [9.17, 15) is 5.11 Å². The van der Waals surface area contributed by atoms with E-state index in [1.165, 1.54) is 0 Å². The number of hydrogen-bond donors (Lipinski definition) is 1. The van der Waals surface area contributed by atoms with Gasteiger partial charge in [-0.25, -0.2) is 4.98 Å². The Hall–Kier alpha value is -2.10. The Morgan fingerprint density at radius 3 is 3.07 bits per heavy atom. The van der Waals surface area contributed by atoms with Crippen LogP contribution in [0.5, 0.6) is 11.8 Å². The molecule has 0 unspecified atom stereocenters. The molecule has 0 saturated heterocycles. The van der Waals surface area contributed by atoms with Crippen LogP contribution < -0.4 is 4.74 Å². The molecule has 0 aliphatic carbocycles. The van der Waals surface area contributed by atoms with Gasteiger partial charge >= 0.3 is 6.01 Å². The summed E-state index contributed by atoms with van der Waals surface area (Å²) in [5.74, 6) is 0.795. The molecule has 1 aliphatic heterocycles. The number of ether oxygens (including phenoxy) is 1. The number of benzene rings is 1. The topological polar surface area (TPSA) is 55.2 Å². The monoisotopic (exact) mass is 200 g/mol. The molecule has 1 N–H and O–H groups in total. The van der Waals surface area contributed by atoms with Gasteiger partial charge in [-0.15, -0.1) is 0 Å². The lowest BCUT2D eigenvalue weighted by Gasteiger charge is -2.18. The standard InChI is InChI=1S/C11H8N2O2/c14-11-12-5-7-6-15-9-4-2-1-3-8(9)10(7)13-11/h1-5H,6H2,(H,12,13,14). The maximum Gasteiger partial charge on any atom is 0.314 e. The van der Waals surface area contributed by atoms with Gasteiger partial charge in [0.2, 0.25) is 0 Å². The third kappa shape index (κ3) is 1.22. The average Bonchev–Trinajstić information content (AvgIpc) is 2.29. The summed E-state index contributed by atoms with van der Waals surface area (Å²) < 4.78 is 5.53. The fourth-order valence-electron chi connectivity index (χ4n) is 1.68. The molecular weight excluding hydrogens is 192 g/mol. The molecule has 1 aromatic carbocycles. The largest absolute Gasteiger partial charge is 0.488 e. The molecule has 1 aliphatic rings. The Balaban J connectivity index is 2.28. The van der Waals surface area contributed by atoms with Crippen molar-refractivity contribution >= 4 is 0 Å². The molecule has 74 valence electrons. The van der Waals surface area contributed by atoms with E-state index in [2.05, 4.69) is 9.97 Å². The number of fused-ring (bicyclic) bond motifs is 3. The number of hydrogen-bond acceptors (Lipinski definition) is 4. The second kappa shape index (κ2) is 2.95. The van der Waals surface area contributed by atoms with Gasteiger partial charge in [0.1, 0.15) is 12.4 Å². The molecule has 0 spiro atoms. The number of rotatable bonds is 0. The zero-order valence-electron chi connectivity index (χ0n) is 7.84. The summed E-state index contributed by atoms with van der Waals surface area (Å²) in [6.07, 6.45) is 1.59. The molecule has 0 bridgehead atoms. The molecule has 0 fully saturated rings. The summed E-state index contributed by atoms with van der Waals surface area (Å²) in [6, 6.07) is 7.42. The van der Waals surface area contributed by atoms with Crippen LogP contribution in [-0.4, -0.2) is 15.1 Å². The molecule has 0 saturated carbocycles. The van der Waals surface area contributed by atoms with Crippen LogP contribution in [0.15, 0.2) is 30.5 Å². The van der Waals surface area contributed by atoms with Gasteiger partial charge in [-0.1, -0.05) is 12.1 Å². The fraction of sp³-hybridized carbons (Fsp3) is 0.0909. The van der Waals surface area contributed by atoms with E-state index in [0.29, 0.717) is 6.61 Å². The zero-order valence-corrected chi connectivity index (χ0v) is 7.84. The molecule has 2 heterocycles. The molecule has 3 rings (SSSR count). The van der Waals surface area contributed by atoms with Crippen LogP contribution in [0, 0.1) is 0 Å². The Morgan fingerprint density at radius 2 is 2.13 bits per heavy atom. The van der Waals surface area contributed by atoms with Gasteiger partial charge in [0.15, 0.2) is 0 Å². The highest BCUT2D eigenvalue weighted by atomic mass is 16.5. The van der Waals surface area contributed by atoms with E-state index in [4.69, 9.17) is 4.74 Å². The first kappa shape index (κ1) is 8.23. The smallest absolute Gasteiger partial charge is 0.314 e. The Bertz CT molecular complexity index is 526. The van der Waals surface area contributed by atoms with Crippen LogP contribution in [0.3, 0.4) is 0 Å². The van der Waals surface area contributed by atoms with E-state index in [1.54, 1.807) is 6.20 Å². The molecule has 15 heavy (non-hydrogen) atoms. The molecule has 0 atom stereocenters. The van der Waals surface area contributed by atoms with Gasteiger partial charge in [-0.3, -0.25) is 0 Å². The zero-order chi connectivity index (χ0) is 10.3. The van der Waals surface area contributed by atoms with E-state index in [-0.39, 0.29) is 6.01 Å².